The van der Waals surface area contributed by atoms with E-state index in [9.17, 15) is 4.79 Å². The Hall–Kier alpha value is -1.65. The number of halogens is 2. The van der Waals surface area contributed by atoms with Crippen LogP contribution in [-0.2, 0) is 4.79 Å². The molecule has 0 radical (unpaired) electrons. The van der Waals surface area contributed by atoms with Crippen molar-refractivity contribution in [3.05, 3.63) is 79.9 Å². The van der Waals surface area contributed by atoms with Crippen molar-refractivity contribution < 1.29 is 4.79 Å². The van der Waals surface area contributed by atoms with Crippen LogP contribution in [-0.4, -0.2) is 12.8 Å². The van der Waals surface area contributed by atoms with E-state index in [1.807, 2.05) is 37.4 Å². The second kappa shape index (κ2) is 6.46. The molecule has 0 spiro atoms. The van der Waals surface area contributed by atoms with E-state index in [4.69, 9.17) is 0 Å². The predicted molar refractivity (Wildman–Crippen MR) is 104 cm³/mol. The third-order valence-corrected chi connectivity index (χ3v) is 4.94. The number of carbonyl (C=O) groups excluding carboxylic acids is 1. The number of likely N-dealkylation sites (N-methyl/N-ethyl adjacent to an activating group) is 1. The highest BCUT2D eigenvalue weighted by Crippen LogP contribution is 2.33. The third-order valence-electron chi connectivity index (χ3n) is 3.89. The Morgan fingerprint density at radius 1 is 1.04 bits per heavy atom. The van der Waals surface area contributed by atoms with Crippen LogP contribution >= 0.6 is 31.9 Å². The fraction of sp³-hybridized carbons (Fsp3) is 0.105. The summed E-state index contributed by atoms with van der Waals surface area (Å²) in [6.45, 7) is 2.08. The molecule has 1 aromatic rings. The van der Waals surface area contributed by atoms with E-state index in [0.717, 1.165) is 15.9 Å². The van der Waals surface area contributed by atoms with E-state index in [0.29, 0.717) is 10.1 Å². The minimum atomic E-state index is -0.00875. The largest absolute Gasteiger partial charge is 0.344 e. The molecule has 0 aromatic heterocycles. The zero-order chi connectivity index (χ0) is 16.6. The quantitative estimate of drug-likeness (QED) is 0.546. The lowest BCUT2D eigenvalue weighted by atomic mass is 9.99. The summed E-state index contributed by atoms with van der Waals surface area (Å²) in [5, 5.41) is 0. The van der Waals surface area contributed by atoms with Crippen molar-refractivity contribution in [1.82, 2.24) is 0 Å². The molecule has 0 atom stereocenters. The molecule has 0 fully saturated rings. The summed E-state index contributed by atoms with van der Waals surface area (Å²) in [6.07, 6.45) is 9.64. The number of hydrogen-bond acceptors (Lipinski definition) is 2. The maximum Gasteiger partial charge on any atom is 0.200 e. The van der Waals surface area contributed by atoms with Crippen LogP contribution in [0.15, 0.2) is 74.4 Å². The number of carbonyl (C=O) groups is 1. The number of fused-ring (bicyclic) bond motifs is 1. The van der Waals surface area contributed by atoms with Crippen LogP contribution in [0.2, 0.25) is 0 Å². The van der Waals surface area contributed by atoms with Crippen LogP contribution in [0.4, 0.5) is 5.69 Å². The van der Waals surface area contributed by atoms with Gasteiger partial charge in [0.2, 0.25) is 0 Å². The summed E-state index contributed by atoms with van der Waals surface area (Å²) >= 11 is 6.73. The summed E-state index contributed by atoms with van der Waals surface area (Å²) in [4.78, 5) is 14.4. The lowest BCUT2D eigenvalue weighted by Gasteiger charge is -2.29. The van der Waals surface area contributed by atoms with E-state index in [-0.39, 0.29) is 5.78 Å². The van der Waals surface area contributed by atoms with Gasteiger partial charge in [-0.15, -0.1) is 0 Å². The molecule has 1 aliphatic carbocycles. The van der Waals surface area contributed by atoms with Crippen molar-refractivity contribution in [3.63, 3.8) is 0 Å². The predicted octanol–water partition coefficient (Wildman–Crippen LogP) is 5.49. The van der Waals surface area contributed by atoms with Gasteiger partial charge in [-0.3, -0.25) is 4.79 Å². The summed E-state index contributed by atoms with van der Waals surface area (Å²) < 4.78 is 1.44. The van der Waals surface area contributed by atoms with Gasteiger partial charge in [0.05, 0.1) is 4.48 Å². The average molecular weight is 433 g/mol. The number of benzene rings is 1. The fourth-order valence-electron chi connectivity index (χ4n) is 2.73. The number of hydrogen-bond donors (Lipinski definition) is 0. The van der Waals surface area contributed by atoms with Crippen molar-refractivity contribution in [2.45, 2.75) is 6.92 Å². The molecule has 0 bridgehead atoms. The molecule has 2 nitrogen and oxygen atoms in total. The Morgan fingerprint density at radius 3 is 2.57 bits per heavy atom. The van der Waals surface area contributed by atoms with Gasteiger partial charge in [-0.25, -0.2) is 0 Å². The molecule has 0 unspecified atom stereocenters. The highest BCUT2D eigenvalue weighted by atomic mass is 79.9. The number of Topliss-reactive ketones (excluding diaryl/α,β-unsaturated/α-hetero) is 1. The molecule has 0 amide bonds. The number of nitrogens with zero attached hydrogens (tertiary/aromatic N) is 1. The van der Waals surface area contributed by atoms with Crippen LogP contribution in [0, 0.1) is 0 Å². The topological polar surface area (TPSA) is 20.3 Å². The van der Waals surface area contributed by atoms with Crippen LogP contribution in [0.1, 0.15) is 12.5 Å². The normalized spacial score (nSPS) is 21.1. The molecule has 1 aliphatic heterocycles. The van der Waals surface area contributed by atoms with Crippen LogP contribution in [0.3, 0.4) is 0 Å². The number of rotatable bonds is 1. The standard InChI is InChI=1S/C19H15Br2NO/c1-12-9-13-5-3-4-6-18(13)22(2)17(12)8-7-14-10-15(20)11-16(21)19(14)23/h3-11H,1-2H3/b14-7+,17-8-. The van der Waals surface area contributed by atoms with Gasteiger partial charge < -0.3 is 4.90 Å². The Kier molecular flexibility index (Phi) is 4.55. The first-order valence-electron chi connectivity index (χ1n) is 7.20. The lowest BCUT2D eigenvalue weighted by molar-refractivity contribution is -0.111. The zero-order valence-corrected chi connectivity index (χ0v) is 16.0. The van der Waals surface area contributed by atoms with Gasteiger partial charge in [0.25, 0.3) is 0 Å². The molecule has 4 heteroatoms. The van der Waals surface area contributed by atoms with Gasteiger partial charge in [0.1, 0.15) is 0 Å². The van der Waals surface area contributed by atoms with Gasteiger partial charge >= 0.3 is 0 Å². The first-order valence-corrected chi connectivity index (χ1v) is 8.78. The van der Waals surface area contributed by atoms with E-state index in [2.05, 4.69) is 61.9 Å². The molecule has 1 aromatic carbocycles. The van der Waals surface area contributed by atoms with E-state index in [1.54, 1.807) is 6.08 Å². The van der Waals surface area contributed by atoms with Crippen LogP contribution in [0.5, 0.6) is 0 Å². The molecule has 0 saturated carbocycles. The number of allylic oxidation sites excluding steroid dienone is 8. The smallest absolute Gasteiger partial charge is 0.200 e. The van der Waals surface area contributed by atoms with Crippen molar-refractivity contribution in [2.24, 2.45) is 0 Å². The van der Waals surface area contributed by atoms with Crippen LogP contribution in [0.25, 0.3) is 6.08 Å². The van der Waals surface area contributed by atoms with Gasteiger partial charge in [0.15, 0.2) is 5.78 Å². The number of para-hydroxylation sites is 1. The van der Waals surface area contributed by atoms with E-state index >= 15 is 0 Å². The van der Waals surface area contributed by atoms with E-state index < -0.39 is 0 Å². The Labute approximate surface area is 152 Å². The van der Waals surface area contributed by atoms with Crippen molar-refractivity contribution >= 4 is 49.4 Å². The molecule has 0 N–H and O–H groups in total. The van der Waals surface area contributed by atoms with E-state index in [1.165, 1.54) is 11.1 Å². The fourth-order valence-corrected chi connectivity index (χ4v) is 3.99. The highest BCUT2D eigenvalue weighted by molar-refractivity contribution is 9.12. The highest BCUT2D eigenvalue weighted by Gasteiger charge is 2.18. The molecule has 1 heterocycles. The summed E-state index contributed by atoms with van der Waals surface area (Å²) in [6, 6.07) is 8.28. The molecular formula is C19H15Br2NO. The van der Waals surface area contributed by atoms with Crippen LogP contribution < -0.4 is 4.90 Å². The lowest BCUT2D eigenvalue weighted by Crippen LogP contribution is -2.21. The molecule has 2 aliphatic rings. The molecular weight excluding hydrogens is 418 g/mol. The first-order chi connectivity index (χ1) is 11.0. The first kappa shape index (κ1) is 16.2. The Bertz CT molecular complexity index is 841. The minimum Gasteiger partial charge on any atom is -0.344 e. The monoisotopic (exact) mass is 431 g/mol. The van der Waals surface area contributed by atoms with Gasteiger partial charge in [-0.2, -0.15) is 0 Å². The number of anilines is 1. The minimum absolute atomic E-state index is 0.00875. The average Bonchev–Trinajstić information content (AvgIpc) is 2.51. The zero-order valence-electron chi connectivity index (χ0n) is 12.8. The van der Waals surface area contributed by atoms with Crippen molar-refractivity contribution in [1.29, 1.82) is 0 Å². The van der Waals surface area contributed by atoms with Crippen molar-refractivity contribution in [2.75, 3.05) is 11.9 Å². The Morgan fingerprint density at radius 2 is 1.78 bits per heavy atom. The maximum atomic E-state index is 12.2. The number of ketones is 1. The SMILES string of the molecule is CC1=Cc2ccccc2N(C)/C1=C\C=C1/C=C(Br)C=C(Br)C1=O. The van der Waals surface area contributed by atoms with Gasteiger partial charge in [-0.1, -0.05) is 34.1 Å². The Balaban J connectivity index is 2.00. The van der Waals surface area contributed by atoms with Gasteiger partial charge in [0, 0.05) is 28.5 Å². The summed E-state index contributed by atoms with van der Waals surface area (Å²) in [5.41, 5.74) is 5.27. The molecule has 23 heavy (non-hydrogen) atoms. The molecule has 116 valence electrons. The third kappa shape index (κ3) is 3.19. The molecule has 0 saturated heterocycles. The van der Waals surface area contributed by atoms with Gasteiger partial charge in [-0.05, 0) is 70.4 Å². The van der Waals surface area contributed by atoms with Crippen molar-refractivity contribution in [3.8, 4) is 0 Å². The second-order valence-corrected chi connectivity index (χ2v) is 7.24. The maximum absolute atomic E-state index is 12.2. The summed E-state index contributed by atoms with van der Waals surface area (Å²) in [7, 11) is 2.05. The molecule has 3 rings (SSSR count). The summed E-state index contributed by atoms with van der Waals surface area (Å²) in [5.74, 6) is -0.00875. The second-order valence-electron chi connectivity index (χ2n) is 5.47.